The van der Waals surface area contributed by atoms with Crippen LogP contribution in [0.25, 0.3) is 0 Å². The van der Waals surface area contributed by atoms with Crippen molar-refractivity contribution in [1.29, 1.82) is 0 Å². The summed E-state index contributed by atoms with van der Waals surface area (Å²) in [5, 5.41) is 3.22. The van der Waals surface area contributed by atoms with Gasteiger partial charge in [0.15, 0.2) is 0 Å². The van der Waals surface area contributed by atoms with Crippen LogP contribution >= 0.6 is 0 Å². The number of carbonyl (C=O) groups is 1. The molecule has 1 saturated carbocycles. The van der Waals surface area contributed by atoms with Gasteiger partial charge in [-0.05, 0) is 44.5 Å². The minimum absolute atomic E-state index is 0.162. The highest BCUT2D eigenvalue weighted by Crippen LogP contribution is 2.40. The Labute approximate surface area is 141 Å². The first kappa shape index (κ1) is 18.0. The largest absolute Gasteiger partial charge is 0.355 e. The molecule has 0 spiro atoms. The first-order valence-electron chi connectivity index (χ1n) is 9.25. The number of nitrogens with one attached hydrogen (secondary N) is 1. The van der Waals surface area contributed by atoms with Crippen molar-refractivity contribution in [2.75, 3.05) is 26.2 Å². The monoisotopic (exact) mass is 316 g/mol. The Kier molecular flexibility index (Phi) is 7.10. The summed E-state index contributed by atoms with van der Waals surface area (Å²) >= 11 is 0. The number of hydrogen-bond acceptors (Lipinski definition) is 2. The van der Waals surface area contributed by atoms with Crippen molar-refractivity contribution < 1.29 is 4.79 Å². The molecular weight excluding hydrogens is 284 g/mol. The zero-order valence-electron chi connectivity index (χ0n) is 14.8. The third-order valence-corrected chi connectivity index (χ3v) is 5.34. The molecular formula is C20H32N2O. The van der Waals surface area contributed by atoms with Gasteiger partial charge in [0.05, 0.1) is 0 Å². The molecule has 1 aliphatic rings. The summed E-state index contributed by atoms with van der Waals surface area (Å²) in [7, 11) is 0. The van der Waals surface area contributed by atoms with Crippen molar-refractivity contribution in [3.05, 3.63) is 35.9 Å². The molecule has 0 atom stereocenters. The fourth-order valence-corrected chi connectivity index (χ4v) is 3.77. The van der Waals surface area contributed by atoms with E-state index >= 15 is 0 Å². The molecule has 128 valence electrons. The summed E-state index contributed by atoms with van der Waals surface area (Å²) in [6, 6.07) is 10.7. The summed E-state index contributed by atoms with van der Waals surface area (Å²) in [4.78, 5) is 14.6. The third kappa shape index (κ3) is 5.07. The molecule has 1 aromatic carbocycles. The van der Waals surface area contributed by atoms with E-state index in [-0.39, 0.29) is 11.3 Å². The van der Waals surface area contributed by atoms with Crippen LogP contribution < -0.4 is 5.32 Å². The molecule has 1 aromatic rings. The van der Waals surface area contributed by atoms with Crippen LogP contribution in [0.5, 0.6) is 0 Å². The van der Waals surface area contributed by atoms with Gasteiger partial charge in [-0.1, -0.05) is 57.0 Å². The van der Waals surface area contributed by atoms with E-state index in [1.54, 1.807) is 0 Å². The number of rotatable bonds is 9. The Balaban J connectivity index is 1.82. The summed E-state index contributed by atoms with van der Waals surface area (Å²) in [5.41, 5.74) is 1.55. The SMILES string of the molecule is CCN(CC)CCCC(=O)NCC1(c2ccccc2)CCCC1. The van der Waals surface area contributed by atoms with Gasteiger partial charge in [-0.25, -0.2) is 0 Å². The second-order valence-corrected chi connectivity index (χ2v) is 6.76. The molecule has 3 heteroatoms. The molecule has 0 heterocycles. The fraction of sp³-hybridized carbons (Fsp3) is 0.650. The van der Waals surface area contributed by atoms with E-state index in [4.69, 9.17) is 0 Å². The van der Waals surface area contributed by atoms with Crippen LogP contribution in [-0.2, 0) is 10.2 Å². The van der Waals surface area contributed by atoms with Crippen molar-refractivity contribution >= 4 is 5.91 Å². The van der Waals surface area contributed by atoms with Crippen molar-refractivity contribution in [3.63, 3.8) is 0 Å². The van der Waals surface area contributed by atoms with E-state index in [0.29, 0.717) is 6.42 Å². The Morgan fingerprint density at radius 2 is 1.78 bits per heavy atom. The van der Waals surface area contributed by atoms with E-state index < -0.39 is 0 Å². The number of amides is 1. The normalized spacial score (nSPS) is 16.7. The van der Waals surface area contributed by atoms with E-state index in [9.17, 15) is 4.79 Å². The molecule has 1 amide bonds. The molecule has 1 fully saturated rings. The molecule has 2 rings (SSSR count). The maximum atomic E-state index is 12.2. The second kappa shape index (κ2) is 9.07. The quantitative estimate of drug-likeness (QED) is 0.753. The molecule has 0 saturated heterocycles. The van der Waals surface area contributed by atoms with Gasteiger partial charge in [0, 0.05) is 18.4 Å². The van der Waals surface area contributed by atoms with Crippen molar-refractivity contribution in [2.24, 2.45) is 0 Å². The smallest absolute Gasteiger partial charge is 0.220 e. The van der Waals surface area contributed by atoms with Crippen LogP contribution in [0.2, 0.25) is 0 Å². The first-order chi connectivity index (χ1) is 11.2. The summed E-state index contributed by atoms with van der Waals surface area (Å²) in [6.07, 6.45) is 6.51. The molecule has 1 aliphatic carbocycles. The number of benzene rings is 1. The van der Waals surface area contributed by atoms with E-state index in [1.807, 2.05) is 0 Å². The summed E-state index contributed by atoms with van der Waals surface area (Å²) in [6.45, 7) is 8.29. The average Bonchev–Trinajstić information content (AvgIpc) is 3.08. The summed E-state index contributed by atoms with van der Waals surface area (Å²) < 4.78 is 0. The van der Waals surface area contributed by atoms with E-state index in [1.165, 1.54) is 31.2 Å². The Morgan fingerprint density at radius 1 is 1.13 bits per heavy atom. The predicted octanol–water partition coefficient (Wildman–Crippen LogP) is 3.74. The van der Waals surface area contributed by atoms with Crippen LogP contribution in [-0.4, -0.2) is 37.0 Å². The molecule has 0 aliphatic heterocycles. The third-order valence-electron chi connectivity index (χ3n) is 5.34. The van der Waals surface area contributed by atoms with Gasteiger partial charge in [0.2, 0.25) is 5.91 Å². The van der Waals surface area contributed by atoms with E-state index in [0.717, 1.165) is 32.6 Å². The number of carbonyl (C=O) groups excluding carboxylic acids is 1. The highest BCUT2D eigenvalue weighted by atomic mass is 16.1. The van der Waals surface area contributed by atoms with Crippen LogP contribution in [0.4, 0.5) is 0 Å². The van der Waals surface area contributed by atoms with Crippen LogP contribution in [0, 0.1) is 0 Å². The second-order valence-electron chi connectivity index (χ2n) is 6.76. The molecule has 0 unspecified atom stereocenters. The lowest BCUT2D eigenvalue weighted by Gasteiger charge is -2.30. The molecule has 0 aromatic heterocycles. The topological polar surface area (TPSA) is 32.3 Å². The van der Waals surface area contributed by atoms with Crippen LogP contribution in [0.1, 0.15) is 57.9 Å². The van der Waals surface area contributed by atoms with Crippen molar-refractivity contribution in [3.8, 4) is 0 Å². The van der Waals surface area contributed by atoms with E-state index in [2.05, 4.69) is 54.4 Å². The average molecular weight is 316 g/mol. The van der Waals surface area contributed by atoms with Crippen molar-refractivity contribution in [2.45, 2.75) is 57.8 Å². The first-order valence-corrected chi connectivity index (χ1v) is 9.25. The lowest BCUT2D eigenvalue weighted by atomic mass is 9.79. The van der Waals surface area contributed by atoms with Crippen LogP contribution in [0.15, 0.2) is 30.3 Å². The Hall–Kier alpha value is -1.35. The highest BCUT2D eigenvalue weighted by molar-refractivity contribution is 5.76. The molecule has 0 bridgehead atoms. The summed E-state index contributed by atoms with van der Waals surface area (Å²) in [5.74, 6) is 0.208. The minimum atomic E-state index is 0.162. The van der Waals surface area contributed by atoms with Gasteiger partial charge < -0.3 is 10.2 Å². The standard InChI is InChI=1S/C20H32N2O/c1-3-22(4-2)16-10-13-19(23)21-17-20(14-8-9-15-20)18-11-6-5-7-12-18/h5-7,11-12H,3-4,8-10,13-17H2,1-2H3,(H,21,23). The lowest BCUT2D eigenvalue weighted by Crippen LogP contribution is -2.39. The van der Waals surface area contributed by atoms with Crippen molar-refractivity contribution in [1.82, 2.24) is 10.2 Å². The zero-order valence-corrected chi connectivity index (χ0v) is 14.8. The van der Waals surface area contributed by atoms with Gasteiger partial charge in [0.25, 0.3) is 0 Å². The zero-order chi connectivity index (χ0) is 16.5. The lowest BCUT2D eigenvalue weighted by molar-refractivity contribution is -0.121. The van der Waals surface area contributed by atoms with Gasteiger partial charge in [-0.2, -0.15) is 0 Å². The molecule has 0 radical (unpaired) electrons. The highest BCUT2D eigenvalue weighted by Gasteiger charge is 2.35. The van der Waals surface area contributed by atoms with Gasteiger partial charge in [-0.3, -0.25) is 4.79 Å². The predicted molar refractivity (Wildman–Crippen MR) is 96.6 cm³/mol. The molecule has 1 N–H and O–H groups in total. The molecule has 3 nitrogen and oxygen atoms in total. The number of nitrogens with zero attached hydrogens (tertiary/aromatic N) is 1. The number of hydrogen-bond donors (Lipinski definition) is 1. The van der Waals surface area contributed by atoms with Crippen LogP contribution in [0.3, 0.4) is 0 Å². The maximum Gasteiger partial charge on any atom is 0.220 e. The minimum Gasteiger partial charge on any atom is -0.355 e. The maximum absolute atomic E-state index is 12.2. The van der Waals surface area contributed by atoms with Gasteiger partial charge >= 0.3 is 0 Å². The fourth-order valence-electron chi connectivity index (χ4n) is 3.77. The Morgan fingerprint density at radius 3 is 2.39 bits per heavy atom. The van der Waals surface area contributed by atoms with Gasteiger partial charge in [-0.15, -0.1) is 0 Å². The molecule has 23 heavy (non-hydrogen) atoms. The Bertz CT molecular complexity index is 462. The van der Waals surface area contributed by atoms with Gasteiger partial charge in [0.1, 0.15) is 0 Å².